The van der Waals surface area contributed by atoms with Crippen LogP contribution in [0.2, 0.25) is 0 Å². The molecule has 0 aliphatic carbocycles. The molecule has 0 saturated carbocycles. The van der Waals surface area contributed by atoms with Crippen molar-refractivity contribution in [3.05, 3.63) is 48.0 Å². The molecular weight excluding hydrogens is 439 g/mol. The fourth-order valence-corrected chi connectivity index (χ4v) is 3.48. The molecule has 170 valence electrons. The summed E-state index contributed by atoms with van der Waals surface area (Å²) >= 11 is 0. The van der Waals surface area contributed by atoms with Gasteiger partial charge < -0.3 is 14.8 Å². The number of aromatic nitrogens is 2. The van der Waals surface area contributed by atoms with Gasteiger partial charge in [0.2, 0.25) is 15.9 Å². The number of imidazole rings is 1. The summed E-state index contributed by atoms with van der Waals surface area (Å²) in [5.41, 5.74) is 0.0408. The average Bonchev–Trinajstić information content (AvgIpc) is 3.10. The maximum atomic E-state index is 12.6. The van der Waals surface area contributed by atoms with Gasteiger partial charge in [0.05, 0.1) is 18.0 Å². The molecule has 0 bridgehead atoms. The van der Waals surface area contributed by atoms with Crippen LogP contribution in [0.15, 0.2) is 41.6 Å². The maximum absolute atomic E-state index is 12.6. The Morgan fingerprint density at radius 3 is 2.48 bits per heavy atom. The first-order valence-electron chi connectivity index (χ1n) is 8.93. The summed E-state index contributed by atoms with van der Waals surface area (Å²) in [5.74, 6) is -1.19. The third-order valence-corrected chi connectivity index (χ3v) is 6.04. The van der Waals surface area contributed by atoms with Gasteiger partial charge in [0.25, 0.3) is 5.91 Å². The minimum Gasteiger partial charge on any atom is -0.343 e. The van der Waals surface area contributed by atoms with Crippen molar-refractivity contribution in [3.8, 4) is 0 Å². The van der Waals surface area contributed by atoms with E-state index in [2.05, 4.69) is 10.3 Å². The first-order valence-corrected chi connectivity index (χ1v) is 10.4. The van der Waals surface area contributed by atoms with Crippen molar-refractivity contribution in [2.75, 3.05) is 27.7 Å². The zero-order chi connectivity index (χ0) is 23.4. The maximum Gasteiger partial charge on any atom is 0.406 e. The molecule has 1 aromatic carbocycles. The van der Waals surface area contributed by atoms with Crippen LogP contribution in [-0.4, -0.2) is 72.9 Å². The Hall–Kier alpha value is -2.93. The number of carbonyl (C=O) groups is 2. The molecule has 0 unspecified atom stereocenters. The van der Waals surface area contributed by atoms with E-state index in [1.54, 1.807) is 0 Å². The van der Waals surface area contributed by atoms with Gasteiger partial charge in [-0.25, -0.2) is 17.7 Å². The van der Waals surface area contributed by atoms with Gasteiger partial charge in [-0.15, -0.1) is 0 Å². The monoisotopic (exact) mass is 461 g/mol. The Morgan fingerprint density at radius 2 is 1.87 bits per heavy atom. The number of hydrogen-bond acceptors (Lipinski definition) is 5. The SMILES string of the molecule is CN(Cc1nccn1CC(F)(F)F)C(=O)CNC(=O)c1cccc(S(=O)(=O)N(C)C)c1. The Labute approximate surface area is 177 Å². The minimum absolute atomic E-state index is 0.0408. The standard InChI is InChI=1S/C18H22F3N5O4S/c1-24(2)31(29,30)14-6-4-5-13(9-14)17(28)23-10-16(27)25(3)11-15-22-7-8-26(15)12-18(19,20)21/h4-9H,10-12H2,1-3H3,(H,23,28). The minimum atomic E-state index is -4.43. The van der Waals surface area contributed by atoms with Gasteiger partial charge in [-0.3, -0.25) is 9.59 Å². The molecule has 9 nitrogen and oxygen atoms in total. The number of amides is 2. The van der Waals surface area contributed by atoms with Crippen LogP contribution in [0.5, 0.6) is 0 Å². The highest BCUT2D eigenvalue weighted by Gasteiger charge is 2.29. The highest BCUT2D eigenvalue weighted by atomic mass is 32.2. The van der Waals surface area contributed by atoms with Gasteiger partial charge in [0.1, 0.15) is 12.4 Å². The fourth-order valence-electron chi connectivity index (χ4n) is 2.53. The molecule has 0 spiro atoms. The lowest BCUT2D eigenvalue weighted by atomic mass is 10.2. The molecule has 2 aromatic rings. The van der Waals surface area contributed by atoms with Gasteiger partial charge in [0.15, 0.2) is 0 Å². The molecule has 13 heteroatoms. The summed E-state index contributed by atoms with van der Waals surface area (Å²) in [6.07, 6.45) is -2.06. The summed E-state index contributed by atoms with van der Waals surface area (Å²) < 4.78 is 64.0. The molecule has 2 amide bonds. The number of alkyl halides is 3. The Kier molecular flexibility index (Phi) is 7.44. The lowest BCUT2D eigenvalue weighted by Crippen LogP contribution is -2.38. The molecule has 0 fully saturated rings. The van der Waals surface area contributed by atoms with Gasteiger partial charge in [-0.05, 0) is 18.2 Å². The molecule has 31 heavy (non-hydrogen) atoms. The molecule has 0 radical (unpaired) electrons. The van der Waals surface area contributed by atoms with Crippen molar-refractivity contribution < 1.29 is 31.2 Å². The molecule has 0 saturated heterocycles. The molecule has 0 aliphatic rings. The average molecular weight is 461 g/mol. The number of hydrogen-bond donors (Lipinski definition) is 1. The van der Waals surface area contributed by atoms with Crippen molar-refractivity contribution in [2.24, 2.45) is 0 Å². The van der Waals surface area contributed by atoms with E-state index in [1.165, 1.54) is 51.6 Å². The van der Waals surface area contributed by atoms with Gasteiger partial charge in [-0.2, -0.15) is 13.2 Å². The van der Waals surface area contributed by atoms with Crippen LogP contribution in [0.3, 0.4) is 0 Å². The van der Waals surface area contributed by atoms with Gasteiger partial charge >= 0.3 is 6.18 Å². The second-order valence-electron chi connectivity index (χ2n) is 6.83. The molecular formula is C18H22F3N5O4S. The van der Waals surface area contributed by atoms with E-state index in [4.69, 9.17) is 0 Å². The van der Waals surface area contributed by atoms with E-state index < -0.39 is 41.1 Å². The molecule has 2 rings (SSSR count). The van der Waals surface area contributed by atoms with Crippen LogP contribution in [0.25, 0.3) is 0 Å². The fraction of sp³-hybridized carbons (Fsp3) is 0.389. The summed E-state index contributed by atoms with van der Waals surface area (Å²) in [4.78, 5) is 29.5. The smallest absolute Gasteiger partial charge is 0.343 e. The second kappa shape index (κ2) is 9.47. The molecule has 0 atom stereocenters. The largest absolute Gasteiger partial charge is 0.406 e. The van der Waals surface area contributed by atoms with E-state index >= 15 is 0 Å². The van der Waals surface area contributed by atoms with Crippen LogP contribution in [-0.2, 0) is 27.9 Å². The predicted molar refractivity (Wildman–Crippen MR) is 104 cm³/mol. The third-order valence-electron chi connectivity index (χ3n) is 4.23. The van der Waals surface area contributed by atoms with Gasteiger partial charge in [-0.1, -0.05) is 6.07 Å². The highest BCUT2D eigenvalue weighted by Crippen LogP contribution is 2.19. The molecule has 0 aliphatic heterocycles. The second-order valence-corrected chi connectivity index (χ2v) is 8.99. The van der Waals surface area contributed by atoms with Crippen LogP contribution in [0.1, 0.15) is 16.2 Å². The quantitative estimate of drug-likeness (QED) is 0.634. The third kappa shape index (κ3) is 6.52. The van der Waals surface area contributed by atoms with E-state index in [-0.39, 0.29) is 22.8 Å². The van der Waals surface area contributed by atoms with Crippen molar-refractivity contribution in [2.45, 2.75) is 24.2 Å². The van der Waals surface area contributed by atoms with Crippen LogP contribution < -0.4 is 5.32 Å². The van der Waals surface area contributed by atoms with E-state index in [0.29, 0.717) is 0 Å². The van der Waals surface area contributed by atoms with E-state index in [9.17, 15) is 31.2 Å². The summed E-state index contributed by atoms with van der Waals surface area (Å²) in [5, 5.41) is 2.37. The zero-order valence-electron chi connectivity index (χ0n) is 17.0. The number of nitrogens with one attached hydrogen (secondary N) is 1. The topological polar surface area (TPSA) is 105 Å². The molecule has 1 heterocycles. The van der Waals surface area contributed by atoms with Crippen LogP contribution >= 0.6 is 0 Å². The first kappa shape index (κ1) is 24.3. The van der Waals surface area contributed by atoms with Crippen molar-refractivity contribution in [1.29, 1.82) is 0 Å². The number of sulfonamides is 1. The van der Waals surface area contributed by atoms with E-state index in [0.717, 1.165) is 20.0 Å². The van der Waals surface area contributed by atoms with Crippen LogP contribution in [0, 0.1) is 0 Å². The number of nitrogens with zero attached hydrogens (tertiary/aromatic N) is 4. The predicted octanol–water partition coefficient (Wildman–Crippen LogP) is 1.08. The first-order chi connectivity index (χ1) is 14.3. The number of benzene rings is 1. The number of likely N-dealkylation sites (N-methyl/N-ethyl adjacent to an activating group) is 1. The Morgan fingerprint density at radius 1 is 1.19 bits per heavy atom. The Balaban J connectivity index is 1.99. The zero-order valence-corrected chi connectivity index (χ0v) is 17.9. The van der Waals surface area contributed by atoms with E-state index in [1.807, 2.05) is 0 Å². The lowest BCUT2D eigenvalue weighted by molar-refractivity contribution is -0.141. The van der Waals surface area contributed by atoms with Crippen LogP contribution in [0.4, 0.5) is 13.2 Å². The summed E-state index contributed by atoms with van der Waals surface area (Å²) in [7, 11) is 0.347. The van der Waals surface area contributed by atoms with Crippen molar-refractivity contribution >= 4 is 21.8 Å². The number of carbonyl (C=O) groups excluding carboxylic acids is 2. The number of rotatable bonds is 8. The Bertz CT molecular complexity index is 1050. The molecule has 1 aromatic heterocycles. The van der Waals surface area contributed by atoms with Gasteiger partial charge in [0, 0.05) is 39.1 Å². The highest BCUT2D eigenvalue weighted by molar-refractivity contribution is 7.89. The summed E-state index contributed by atoms with van der Waals surface area (Å²) in [6.45, 7) is -1.85. The summed E-state index contributed by atoms with van der Waals surface area (Å²) in [6, 6.07) is 5.33. The van der Waals surface area contributed by atoms with Crippen molar-refractivity contribution in [3.63, 3.8) is 0 Å². The molecule has 1 N–H and O–H groups in total. The lowest BCUT2D eigenvalue weighted by Gasteiger charge is -2.18. The number of halogens is 3. The normalized spacial score (nSPS) is 12.1. The van der Waals surface area contributed by atoms with Crippen molar-refractivity contribution in [1.82, 2.24) is 24.1 Å².